The Hall–Kier alpha value is -1.32. The van der Waals surface area contributed by atoms with E-state index in [0.717, 1.165) is 11.8 Å². The van der Waals surface area contributed by atoms with Crippen LogP contribution in [0, 0.1) is 23.7 Å². The molecular formula is C17H25NO3. The van der Waals surface area contributed by atoms with Gasteiger partial charge in [-0.25, -0.2) is 4.79 Å². The number of nitrogens with zero attached hydrogens (tertiary/aromatic N) is 1. The van der Waals surface area contributed by atoms with Crippen LogP contribution >= 0.6 is 0 Å². The highest BCUT2D eigenvalue weighted by molar-refractivity contribution is 6.01. The van der Waals surface area contributed by atoms with Crippen LogP contribution in [0.4, 0.5) is 0 Å². The van der Waals surface area contributed by atoms with Crippen LogP contribution in [0.25, 0.3) is 0 Å². The van der Waals surface area contributed by atoms with E-state index in [2.05, 4.69) is 0 Å². The zero-order chi connectivity index (χ0) is 15.3. The topological polar surface area (TPSA) is 57.6 Å². The van der Waals surface area contributed by atoms with Crippen LogP contribution in [0.2, 0.25) is 0 Å². The molecule has 0 aromatic heterocycles. The number of carboxylic acid groups (broad SMARTS) is 1. The van der Waals surface area contributed by atoms with Gasteiger partial charge in [-0.05, 0) is 69.6 Å². The number of hydrogen-bond donors (Lipinski definition) is 1. The lowest BCUT2D eigenvalue weighted by atomic mass is 9.54. The van der Waals surface area contributed by atoms with Crippen LogP contribution in [0.3, 0.4) is 0 Å². The molecule has 4 fully saturated rings. The largest absolute Gasteiger partial charge is 0.478 e. The summed E-state index contributed by atoms with van der Waals surface area (Å²) in [7, 11) is 1.87. The van der Waals surface area contributed by atoms with Crippen molar-refractivity contribution in [3.05, 3.63) is 11.1 Å². The molecule has 0 aliphatic heterocycles. The number of hydrogen-bond acceptors (Lipinski definition) is 2. The summed E-state index contributed by atoms with van der Waals surface area (Å²) in [5.74, 6) is 1.92. The second-order valence-electron chi connectivity index (χ2n) is 7.39. The summed E-state index contributed by atoms with van der Waals surface area (Å²) in [6.07, 6.45) is 6.44. The highest BCUT2D eigenvalue weighted by Crippen LogP contribution is 2.55. The molecule has 0 aromatic carbocycles. The van der Waals surface area contributed by atoms with Crippen molar-refractivity contribution in [3.63, 3.8) is 0 Å². The van der Waals surface area contributed by atoms with Crippen LogP contribution in [0.1, 0.15) is 46.0 Å². The van der Waals surface area contributed by atoms with Gasteiger partial charge in [-0.3, -0.25) is 4.79 Å². The summed E-state index contributed by atoms with van der Waals surface area (Å²) in [5, 5.41) is 9.07. The summed E-state index contributed by atoms with van der Waals surface area (Å²) >= 11 is 0. The van der Waals surface area contributed by atoms with Gasteiger partial charge in [0.2, 0.25) is 5.91 Å². The summed E-state index contributed by atoms with van der Waals surface area (Å²) in [6, 6.07) is 0.321. The molecule has 4 rings (SSSR count). The van der Waals surface area contributed by atoms with E-state index in [0.29, 0.717) is 23.5 Å². The second kappa shape index (κ2) is 5.15. The third-order valence-corrected chi connectivity index (χ3v) is 6.15. The molecule has 4 aliphatic rings. The molecule has 1 amide bonds. The van der Waals surface area contributed by atoms with Crippen LogP contribution < -0.4 is 0 Å². The highest BCUT2D eigenvalue weighted by atomic mass is 16.4. The first kappa shape index (κ1) is 14.6. The van der Waals surface area contributed by atoms with Gasteiger partial charge in [0.25, 0.3) is 0 Å². The van der Waals surface area contributed by atoms with E-state index in [1.165, 1.54) is 39.0 Å². The predicted octanol–water partition coefficient (Wildman–Crippen LogP) is 2.69. The van der Waals surface area contributed by atoms with Gasteiger partial charge >= 0.3 is 5.97 Å². The average molecular weight is 291 g/mol. The van der Waals surface area contributed by atoms with Crippen molar-refractivity contribution in [3.8, 4) is 0 Å². The molecule has 0 aromatic rings. The summed E-state index contributed by atoms with van der Waals surface area (Å²) in [4.78, 5) is 25.5. The molecule has 116 valence electrons. The normalized spacial score (nSPS) is 38.1. The maximum atomic E-state index is 12.6. The van der Waals surface area contributed by atoms with Gasteiger partial charge in [-0.2, -0.15) is 0 Å². The smallest absolute Gasteiger partial charge is 0.331 e. The zero-order valence-corrected chi connectivity index (χ0v) is 13.1. The maximum Gasteiger partial charge on any atom is 0.331 e. The second-order valence-corrected chi connectivity index (χ2v) is 7.39. The molecule has 1 N–H and O–H groups in total. The molecule has 21 heavy (non-hydrogen) atoms. The molecule has 0 unspecified atom stereocenters. The van der Waals surface area contributed by atoms with Crippen molar-refractivity contribution in [2.24, 2.45) is 23.7 Å². The Morgan fingerprint density at radius 2 is 1.38 bits per heavy atom. The van der Waals surface area contributed by atoms with Crippen LogP contribution in [0.5, 0.6) is 0 Å². The van der Waals surface area contributed by atoms with E-state index in [4.69, 9.17) is 5.11 Å². The van der Waals surface area contributed by atoms with Gasteiger partial charge in [0.15, 0.2) is 0 Å². The summed E-state index contributed by atoms with van der Waals surface area (Å²) < 4.78 is 0. The monoisotopic (exact) mass is 291 g/mol. The highest BCUT2D eigenvalue weighted by Gasteiger charge is 2.50. The first-order valence-corrected chi connectivity index (χ1v) is 8.06. The number of likely N-dealkylation sites (N-methyl/N-ethyl adjacent to an activating group) is 1. The Labute approximate surface area is 126 Å². The van der Waals surface area contributed by atoms with Crippen molar-refractivity contribution >= 4 is 11.9 Å². The maximum absolute atomic E-state index is 12.6. The lowest BCUT2D eigenvalue weighted by molar-refractivity contribution is -0.138. The summed E-state index contributed by atoms with van der Waals surface area (Å²) in [6.45, 7) is 3.15. The lowest BCUT2D eigenvalue weighted by Gasteiger charge is -2.56. The van der Waals surface area contributed by atoms with E-state index in [1.807, 2.05) is 11.9 Å². The fraction of sp³-hybridized carbons (Fsp3) is 0.765. The molecule has 4 nitrogen and oxygen atoms in total. The Morgan fingerprint density at radius 3 is 1.81 bits per heavy atom. The Bertz CT molecular complexity index is 480. The van der Waals surface area contributed by atoms with Gasteiger partial charge in [-0.15, -0.1) is 0 Å². The van der Waals surface area contributed by atoms with Gasteiger partial charge in [0, 0.05) is 24.2 Å². The molecule has 4 saturated carbocycles. The van der Waals surface area contributed by atoms with Crippen molar-refractivity contribution in [2.75, 3.05) is 7.05 Å². The standard InChI is InChI=1S/C17H25NO3/c1-9(10(2)17(20)21)16(19)18(3)15-13-5-11-4-12(7-13)8-14(15)6-11/h11-15H,4-8H2,1-3H3,(H,20,21). The molecule has 4 heteroatoms. The van der Waals surface area contributed by atoms with Crippen molar-refractivity contribution in [1.82, 2.24) is 4.90 Å². The van der Waals surface area contributed by atoms with E-state index in [9.17, 15) is 9.59 Å². The Morgan fingerprint density at radius 1 is 0.905 bits per heavy atom. The van der Waals surface area contributed by atoms with Crippen LogP contribution in [0.15, 0.2) is 11.1 Å². The molecule has 0 atom stereocenters. The SMILES string of the molecule is CC(C(=O)O)=C(C)C(=O)N(C)C1C2CC3CC(C2)CC1C3. The van der Waals surface area contributed by atoms with Crippen LogP contribution in [-0.2, 0) is 9.59 Å². The van der Waals surface area contributed by atoms with Gasteiger partial charge in [0.05, 0.1) is 0 Å². The molecule has 0 radical (unpaired) electrons. The molecule has 4 bridgehead atoms. The minimum absolute atomic E-state index is 0.104. The predicted molar refractivity (Wildman–Crippen MR) is 79.6 cm³/mol. The van der Waals surface area contributed by atoms with E-state index in [1.54, 1.807) is 6.92 Å². The minimum Gasteiger partial charge on any atom is -0.478 e. The Balaban J connectivity index is 1.79. The third kappa shape index (κ3) is 2.39. The van der Waals surface area contributed by atoms with Gasteiger partial charge < -0.3 is 10.0 Å². The molecule has 0 heterocycles. The fourth-order valence-electron chi connectivity index (χ4n) is 5.25. The van der Waals surface area contributed by atoms with Crippen molar-refractivity contribution in [1.29, 1.82) is 0 Å². The van der Waals surface area contributed by atoms with Gasteiger partial charge in [0.1, 0.15) is 0 Å². The lowest BCUT2D eigenvalue weighted by Crippen LogP contribution is -2.56. The number of carbonyl (C=O) groups is 2. The first-order valence-electron chi connectivity index (χ1n) is 8.06. The minimum atomic E-state index is -1.00. The first-order chi connectivity index (χ1) is 9.88. The zero-order valence-electron chi connectivity index (χ0n) is 13.1. The fourth-order valence-corrected chi connectivity index (χ4v) is 5.25. The van der Waals surface area contributed by atoms with E-state index >= 15 is 0 Å². The van der Waals surface area contributed by atoms with Crippen molar-refractivity contribution < 1.29 is 14.7 Å². The molecule has 0 saturated heterocycles. The van der Waals surface area contributed by atoms with Crippen LogP contribution in [-0.4, -0.2) is 35.0 Å². The number of aliphatic carboxylic acids is 1. The number of amides is 1. The molecule has 0 spiro atoms. The average Bonchev–Trinajstić information content (AvgIpc) is 2.43. The summed E-state index contributed by atoms with van der Waals surface area (Å²) in [5.41, 5.74) is 0.537. The third-order valence-electron chi connectivity index (χ3n) is 6.15. The van der Waals surface area contributed by atoms with E-state index in [-0.39, 0.29) is 11.5 Å². The molecule has 4 aliphatic carbocycles. The Kier molecular flexibility index (Phi) is 3.58. The van der Waals surface area contributed by atoms with E-state index < -0.39 is 5.97 Å². The molecular weight excluding hydrogens is 266 g/mol. The number of carboxylic acids is 1. The van der Waals surface area contributed by atoms with Crippen molar-refractivity contribution in [2.45, 2.75) is 52.0 Å². The number of carbonyl (C=O) groups excluding carboxylic acids is 1. The number of rotatable bonds is 3. The quantitative estimate of drug-likeness (QED) is 0.813. The van der Waals surface area contributed by atoms with Gasteiger partial charge in [-0.1, -0.05) is 0 Å².